The topological polar surface area (TPSA) is 76.2 Å². The Morgan fingerprint density at radius 2 is 2.21 bits per heavy atom. The second kappa shape index (κ2) is 3.57. The number of halogens is 2. The number of alkyl halides is 2. The Kier molecular flexibility index (Phi) is 2.64. The van der Waals surface area contributed by atoms with Crippen molar-refractivity contribution in [3.63, 3.8) is 0 Å². The maximum absolute atomic E-state index is 12.4. The maximum Gasteiger partial charge on any atom is 0.268 e. The molecule has 1 amide bonds. The molecule has 0 radical (unpaired) electrons. The molecular weight excluding hydrogens is 194 g/mol. The highest BCUT2D eigenvalue weighted by Crippen LogP contribution is 2.32. The molecule has 0 fully saturated rings. The standard InChI is InChI=1S/C8H8F2N2O2/c1-3-6(13)5(7(9)10)4(2-12-3)8(11)14/h2,7,13H,1H3,(H2,11,14). The van der Waals surface area contributed by atoms with Crippen molar-refractivity contribution in [2.75, 3.05) is 0 Å². The van der Waals surface area contributed by atoms with Gasteiger partial charge in [0.25, 0.3) is 12.3 Å². The van der Waals surface area contributed by atoms with Crippen LogP contribution in [-0.2, 0) is 0 Å². The summed E-state index contributed by atoms with van der Waals surface area (Å²) >= 11 is 0. The number of carbonyl (C=O) groups excluding carboxylic acids is 1. The minimum atomic E-state index is -2.96. The molecule has 0 saturated carbocycles. The number of nitrogens with two attached hydrogens (primary N) is 1. The van der Waals surface area contributed by atoms with Crippen LogP contribution in [0.4, 0.5) is 8.78 Å². The molecule has 0 aliphatic carbocycles. The summed E-state index contributed by atoms with van der Waals surface area (Å²) in [6, 6.07) is 0. The molecule has 0 unspecified atom stereocenters. The average Bonchev–Trinajstić information content (AvgIpc) is 2.08. The van der Waals surface area contributed by atoms with Crippen molar-refractivity contribution in [1.29, 1.82) is 0 Å². The van der Waals surface area contributed by atoms with Crippen molar-refractivity contribution in [1.82, 2.24) is 4.98 Å². The van der Waals surface area contributed by atoms with Crippen molar-refractivity contribution in [2.24, 2.45) is 5.73 Å². The maximum atomic E-state index is 12.4. The van der Waals surface area contributed by atoms with E-state index < -0.39 is 29.2 Å². The van der Waals surface area contributed by atoms with Gasteiger partial charge in [0.2, 0.25) is 0 Å². The Bertz CT molecular complexity index is 380. The molecule has 6 heteroatoms. The van der Waals surface area contributed by atoms with Crippen LogP contribution in [0, 0.1) is 6.92 Å². The van der Waals surface area contributed by atoms with E-state index in [-0.39, 0.29) is 5.69 Å². The van der Waals surface area contributed by atoms with Crippen LogP contribution < -0.4 is 5.73 Å². The van der Waals surface area contributed by atoms with E-state index in [1.807, 2.05) is 0 Å². The lowest BCUT2D eigenvalue weighted by atomic mass is 10.1. The molecule has 1 heterocycles. The van der Waals surface area contributed by atoms with E-state index in [1.165, 1.54) is 6.92 Å². The van der Waals surface area contributed by atoms with Gasteiger partial charge < -0.3 is 10.8 Å². The summed E-state index contributed by atoms with van der Waals surface area (Å²) in [5, 5.41) is 9.25. The lowest BCUT2D eigenvalue weighted by Gasteiger charge is -2.09. The second-order valence-electron chi connectivity index (χ2n) is 2.68. The van der Waals surface area contributed by atoms with Crippen LogP contribution in [0.3, 0.4) is 0 Å². The fourth-order valence-electron chi connectivity index (χ4n) is 1.03. The fourth-order valence-corrected chi connectivity index (χ4v) is 1.03. The van der Waals surface area contributed by atoms with Gasteiger partial charge in [-0.25, -0.2) is 8.78 Å². The van der Waals surface area contributed by atoms with E-state index in [2.05, 4.69) is 4.98 Å². The van der Waals surface area contributed by atoms with E-state index in [4.69, 9.17) is 5.73 Å². The Labute approximate surface area is 78.4 Å². The van der Waals surface area contributed by atoms with E-state index in [0.29, 0.717) is 0 Å². The van der Waals surface area contributed by atoms with Gasteiger partial charge in [0.15, 0.2) is 0 Å². The number of nitrogens with zero attached hydrogens (tertiary/aromatic N) is 1. The smallest absolute Gasteiger partial charge is 0.268 e. The highest BCUT2D eigenvalue weighted by Gasteiger charge is 2.22. The highest BCUT2D eigenvalue weighted by molar-refractivity contribution is 5.94. The lowest BCUT2D eigenvalue weighted by molar-refractivity contribution is 0.0983. The van der Waals surface area contributed by atoms with Crippen LogP contribution in [0.2, 0.25) is 0 Å². The summed E-state index contributed by atoms with van der Waals surface area (Å²) in [5.74, 6) is -1.72. The Morgan fingerprint density at radius 1 is 1.64 bits per heavy atom. The number of aryl methyl sites for hydroxylation is 1. The average molecular weight is 202 g/mol. The first-order chi connectivity index (χ1) is 6.45. The van der Waals surface area contributed by atoms with Crippen molar-refractivity contribution < 1.29 is 18.7 Å². The normalized spacial score (nSPS) is 10.6. The first kappa shape index (κ1) is 10.4. The van der Waals surface area contributed by atoms with Crippen molar-refractivity contribution in [3.05, 3.63) is 23.0 Å². The number of hydrogen-bond acceptors (Lipinski definition) is 3. The summed E-state index contributed by atoms with van der Waals surface area (Å²) in [5.41, 5.74) is 3.67. The molecule has 4 nitrogen and oxygen atoms in total. The number of hydrogen-bond donors (Lipinski definition) is 2. The molecule has 1 aromatic heterocycles. The van der Waals surface area contributed by atoms with Gasteiger partial charge in [0, 0.05) is 6.20 Å². The van der Waals surface area contributed by atoms with Gasteiger partial charge in [-0.15, -0.1) is 0 Å². The summed E-state index contributed by atoms with van der Waals surface area (Å²) < 4.78 is 24.9. The number of aromatic nitrogens is 1. The lowest BCUT2D eigenvalue weighted by Crippen LogP contribution is -2.15. The van der Waals surface area contributed by atoms with Gasteiger partial charge in [-0.3, -0.25) is 9.78 Å². The number of primary amides is 1. The minimum absolute atomic E-state index is 0.0327. The Hall–Kier alpha value is -1.72. The highest BCUT2D eigenvalue weighted by atomic mass is 19.3. The molecule has 76 valence electrons. The molecule has 0 atom stereocenters. The predicted molar refractivity (Wildman–Crippen MR) is 44.1 cm³/mol. The van der Waals surface area contributed by atoms with Gasteiger partial charge in [-0.2, -0.15) is 0 Å². The molecule has 3 N–H and O–H groups in total. The molecular formula is C8H8F2N2O2. The molecule has 0 aromatic carbocycles. The van der Waals surface area contributed by atoms with Gasteiger partial charge >= 0.3 is 0 Å². The van der Waals surface area contributed by atoms with Crippen LogP contribution in [0.5, 0.6) is 5.75 Å². The quantitative estimate of drug-likeness (QED) is 0.754. The van der Waals surface area contributed by atoms with E-state index in [1.54, 1.807) is 0 Å². The molecule has 14 heavy (non-hydrogen) atoms. The Balaban J connectivity index is 3.45. The first-order valence-electron chi connectivity index (χ1n) is 3.71. The molecule has 1 rings (SSSR count). The minimum Gasteiger partial charge on any atom is -0.506 e. The largest absolute Gasteiger partial charge is 0.506 e. The zero-order chi connectivity index (χ0) is 10.9. The third kappa shape index (κ3) is 1.63. The second-order valence-corrected chi connectivity index (χ2v) is 2.68. The third-order valence-corrected chi connectivity index (χ3v) is 1.76. The van der Waals surface area contributed by atoms with Gasteiger partial charge in [-0.1, -0.05) is 0 Å². The summed E-state index contributed by atoms with van der Waals surface area (Å²) in [6.45, 7) is 1.35. The van der Waals surface area contributed by atoms with Crippen LogP contribution >= 0.6 is 0 Å². The summed E-state index contributed by atoms with van der Waals surface area (Å²) in [4.78, 5) is 14.3. The van der Waals surface area contributed by atoms with Crippen LogP contribution in [-0.4, -0.2) is 16.0 Å². The van der Waals surface area contributed by atoms with E-state index >= 15 is 0 Å². The SMILES string of the molecule is Cc1ncc(C(N)=O)c(C(F)F)c1O. The zero-order valence-electron chi connectivity index (χ0n) is 7.29. The number of rotatable bonds is 2. The third-order valence-electron chi connectivity index (χ3n) is 1.76. The molecule has 0 aliphatic heterocycles. The molecule has 0 spiro atoms. The van der Waals surface area contributed by atoms with E-state index in [9.17, 15) is 18.7 Å². The zero-order valence-corrected chi connectivity index (χ0v) is 7.29. The fraction of sp³-hybridized carbons (Fsp3) is 0.250. The van der Waals surface area contributed by atoms with Crippen molar-refractivity contribution >= 4 is 5.91 Å². The number of amides is 1. The van der Waals surface area contributed by atoms with Gasteiger partial charge in [0.1, 0.15) is 5.75 Å². The summed E-state index contributed by atoms with van der Waals surface area (Å²) in [7, 11) is 0. The Morgan fingerprint density at radius 3 is 2.64 bits per heavy atom. The number of carbonyl (C=O) groups is 1. The van der Waals surface area contributed by atoms with Crippen molar-refractivity contribution in [3.8, 4) is 5.75 Å². The molecule has 0 saturated heterocycles. The van der Waals surface area contributed by atoms with Crippen LogP contribution in [0.25, 0.3) is 0 Å². The van der Waals surface area contributed by atoms with Crippen LogP contribution in [0.1, 0.15) is 28.0 Å². The monoisotopic (exact) mass is 202 g/mol. The molecule has 0 aliphatic rings. The van der Waals surface area contributed by atoms with Crippen LogP contribution in [0.15, 0.2) is 6.20 Å². The predicted octanol–water partition coefficient (Wildman–Crippen LogP) is 1.13. The number of aromatic hydroxyl groups is 1. The molecule has 0 bridgehead atoms. The van der Waals surface area contributed by atoms with Crippen molar-refractivity contribution in [2.45, 2.75) is 13.3 Å². The van der Waals surface area contributed by atoms with Gasteiger partial charge in [-0.05, 0) is 6.92 Å². The molecule has 1 aromatic rings. The summed E-state index contributed by atoms with van der Waals surface area (Å²) in [6.07, 6.45) is -2.03. The number of pyridine rings is 1. The van der Waals surface area contributed by atoms with E-state index in [0.717, 1.165) is 6.20 Å². The first-order valence-corrected chi connectivity index (χ1v) is 3.71. The van der Waals surface area contributed by atoms with Gasteiger partial charge in [0.05, 0.1) is 16.8 Å².